The second-order valence-electron chi connectivity index (χ2n) is 6.20. The minimum Gasteiger partial charge on any atom is -0.507 e. The van der Waals surface area contributed by atoms with E-state index in [9.17, 15) is 9.90 Å². The van der Waals surface area contributed by atoms with Crippen LogP contribution in [-0.4, -0.2) is 15.9 Å². The van der Waals surface area contributed by atoms with Crippen molar-refractivity contribution >= 4 is 17.5 Å². The molecule has 0 aliphatic carbocycles. The van der Waals surface area contributed by atoms with Crippen LogP contribution in [0.2, 0.25) is 0 Å². The number of ether oxygens (including phenoxy) is 1. The Labute approximate surface area is 167 Å². The van der Waals surface area contributed by atoms with Crippen LogP contribution < -0.4 is 4.74 Å². The summed E-state index contributed by atoms with van der Waals surface area (Å²) in [6, 6.07) is 15.0. The molecule has 0 aliphatic heterocycles. The van der Waals surface area contributed by atoms with E-state index < -0.39 is 0 Å². The molecule has 0 saturated carbocycles. The van der Waals surface area contributed by atoms with Gasteiger partial charge in [0.15, 0.2) is 5.78 Å². The Morgan fingerprint density at radius 2 is 2.04 bits per heavy atom. The van der Waals surface area contributed by atoms with Crippen molar-refractivity contribution in [2.45, 2.75) is 30.2 Å². The van der Waals surface area contributed by atoms with Gasteiger partial charge in [0.05, 0.1) is 11.1 Å². The Morgan fingerprint density at radius 3 is 2.79 bits per heavy atom. The molecule has 6 heteroatoms. The predicted octanol–water partition coefficient (Wildman–Crippen LogP) is 4.90. The highest BCUT2D eigenvalue weighted by atomic mass is 32.2. The zero-order valence-electron chi connectivity index (χ0n) is 15.5. The molecule has 140 valence electrons. The average molecular weight is 390 g/mol. The number of nitriles is 1. The van der Waals surface area contributed by atoms with Crippen molar-refractivity contribution < 1.29 is 14.6 Å². The number of phenolic OH excluding ortho intramolecular Hbond substituents is 1. The van der Waals surface area contributed by atoms with E-state index in [1.807, 2.05) is 24.3 Å². The Bertz CT molecular complexity index is 1070. The maximum Gasteiger partial charge on any atom is 0.163 e. The first-order chi connectivity index (χ1) is 13.5. The van der Waals surface area contributed by atoms with E-state index in [2.05, 4.69) is 11.1 Å². The molecule has 1 aromatic heterocycles. The van der Waals surface area contributed by atoms with Crippen LogP contribution in [0.1, 0.15) is 34.0 Å². The number of phenols is 1. The molecule has 0 aliphatic rings. The number of carbonyl (C=O) groups is 1. The van der Waals surface area contributed by atoms with Crippen LogP contribution in [0, 0.1) is 18.3 Å². The quantitative estimate of drug-likeness (QED) is 0.603. The molecule has 0 atom stereocenters. The monoisotopic (exact) mass is 390 g/mol. The van der Waals surface area contributed by atoms with Gasteiger partial charge in [-0.3, -0.25) is 9.78 Å². The van der Waals surface area contributed by atoms with Gasteiger partial charge in [0.25, 0.3) is 0 Å². The number of nitrogens with zero attached hydrogens (tertiary/aromatic N) is 2. The van der Waals surface area contributed by atoms with E-state index in [1.165, 1.54) is 24.9 Å². The van der Waals surface area contributed by atoms with Crippen molar-refractivity contribution in [3.63, 3.8) is 0 Å². The van der Waals surface area contributed by atoms with Gasteiger partial charge in [0.2, 0.25) is 0 Å². The molecular formula is C22H18N2O3S. The molecule has 0 unspecified atom stereocenters. The minimum atomic E-state index is -0.188. The number of benzene rings is 2. The summed E-state index contributed by atoms with van der Waals surface area (Å²) in [7, 11) is 0. The van der Waals surface area contributed by atoms with Gasteiger partial charge in [-0.25, -0.2) is 0 Å². The summed E-state index contributed by atoms with van der Waals surface area (Å²) < 4.78 is 5.84. The summed E-state index contributed by atoms with van der Waals surface area (Å²) in [5.74, 6) is 0.303. The van der Waals surface area contributed by atoms with E-state index in [0.717, 1.165) is 15.4 Å². The highest BCUT2D eigenvalue weighted by Crippen LogP contribution is 2.32. The molecule has 0 radical (unpaired) electrons. The first-order valence-electron chi connectivity index (χ1n) is 8.56. The summed E-state index contributed by atoms with van der Waals surface area (Å²) in [5, 5.41) is 19.2. The second-order valence-corrected chi connectivity index (χ2v) is 7.35. The van der Waals surface area contributed by atoms with Crippen LogP contribution in [0.3, 0.4) is 0 Å². The zero-order valence-corrected chi connectivity index (χ0v) is 16.3. The van der Waals surface area contributed by atoms with Gasteiger partial charge >= 0.3 is 0 Å². The second kappa shape index (κ2) is 8.59. The summed E-state index contributed by atoms with van der Waals surface area (Å²) in [6.07, 6.45) is 3.25. The lowest BCUT2D eigenvalue weighted by molar-refractivity contribution is 0.101. The maximum atomic E-state index is 11.5. The average Bonchev–Trinajstić information content (AvgIpc) is 2.69. The minimum absolute atomic E-state index is 0.0424. The van der Waals surface area contributed by atoms with E-state index in [4.69, 9.17) is 10.00 Å². The van der Waals surface area contributed by atoms with Crippen molar-refractivity contribution in [2.75, 3.05) is 0 Å². The topological polar surface area (TPSA) is 83.2 Å². The number of hydrogen-bond acceptors (Lipinski definition) is 6. The van der Waals surface area contributed by atoms with Crippen LogP contribution >= 0.6 is 11.8 Å². The third kappa shape index (κ3) is 4.51. The van der Waals surface area contributed by atoms with Gasteiger partial charge in [0.1, 0.15) is 24.2 Å². The van der Waals surface area contributed by atoms with Crippen LogP contribution in [-0.2, 0) is 6.61 Å². The third-order valence-corrected chi connectivity index (χ3v) is 5.08. The van der Waals surface area contributed by atoms with E-state index in [0.29, 0.717) is 23.5 Å². The molecule has 0 saturated heterocycles. The van der Waals surface area contributed by atoms with E-state index >= 15 is 0 Å². The van der Waals surface area contributed by atoms with Crippen molar-refractivity contribution in [3.8, 4) is 17.6 Å². The molecule has 3 rings (SSSR count). The first kappa shape index (κ1) is 19.5. The molecule has 0 fully saturated rings. The van der Waals surface area contributed by atoms with Crippen molar-refractivity contribution in [3.05, 3.63) is 77.1 Å². The number of carbonyl (C=O) groups excluding carboxylic acids is 1. The lowest BCUT2D eigenvalue weighted by atomic mass is 10.1. The lowest BCUT2D eigenvalue weighted by Gasteiger charge is -2.13. The summed E-state index contributed by atoms with van der Waals surface area (Å²) in [4.78, 5) is 17.5. The molecule has 0 bridgehead atoms. The smallest absolute Gasteiger partial charge is 0.163 e. The number of aromatic hydroxyl groups is 1. The normalized spacial score (nSPS) is 10.3. The summed E-state index contributed by atoms with van der Waals surface area (Å²) in [5.41, 5.74) is 2.31. The Kier molecular flexibility index (Phi) is 5.97. The van der Waals surface area contributed by atoms with Crippen LogP contribution in [0.4, 0.5) is 0 Å². The molecule has 2 aromatic carbocycles. The van der Waals surface area contributed by atoms with Crippen LogP contribution in [0.25, 0.3) is 0 Å². The largest absolute Gasteiger partial charge is 0.507 e. The standard InChI is InChI=1S/C22H18N2O3S/c1-14-21(7-6-20(15(2)25)22(14)26)27-13-16-4-3-5-18(8-16)28-19-9-17(10-23)11-24-12-19/h3-9,11-12,26H,13H2,1-2H3. The predicted molar refractivity (Wildman–Crippen MR) is 107 cm³/mol. The molecule has 5 nitrogen and oxygen atoms in total. The number of hydrogen-bond donors (Lipinski definition) is 1. The number of pyridine rings is 1. The molecule has 28 heavy (non-hydrogen) atoms. The maximum absolute atomic E-state index is 11.5. The molecule has 1 N–H and O–H groups in total. The number of ketones is 1. The van der Waals surface area contributed by atoms with Crippen molar-refractivity contribution in [2.24, 2.45) is 0 Å². The molecular weight excluding hydrogens is 372 g/mol. The van der Waals surface area contributed by atoms with Crippen molar-refractivity contribution in [1.29, 1.82) is 5.26 Å². The fourth-order valence-electron chi connectivity index (χ4n) is 2.65. The molecule has 0 spiro atoms. The van der Waals surface area contributed by atoms with Gasteiger partial charge in [-0.15, -0.1) is 0 Å². The SMILES string of the molecule is CC(=O)c1ccc(OCc2cccc(Sc3cncc(C#N)c3)c2)c(C)c1O. The van der Waals surface area contributed by atoms with Gasteiger partial charge < -0.3 is 9.84 Å². The van der Waals surface area contributed by atoms with Crippen molar-refractivity contribution in [1.82, 2.24) is 4.98 Å². The van der Waals surface area contributed by atoms with E-state index in [-0.39, 0.29) is 17.1 Å². The van der Waals surface area contributed by atoms with Gasteiger partial charge in [-0.05, 0) is 49.7 Å². The van der Waals surface area contributed by atoms with Crippen LogP contribution in [0.15, 0.2) is 64.6 Å². The third-order valence-electron chi connectivity index (χ3n) is 4.13. The number of aromatic nitrogens is 1. The fraction of sp³-hybridized carbons (Fsp3) is 0.136. The Balaban J connectivity index is 1.72. The Morgan fingerprint density at radius 1 is 1.21 bits per heavy atom. The number of Topliss-reactive ketones (excluding diaryl/α,β-unsaturated/α-hetero) is 1. The molecule has 0 amide bonds. The van der Waals surface area contributed by atoms with Gasteiger partial charge in [-0.2, -0.15) is 5.26 Å². The Hall–Kier alpha value is -3.30. The summed E-state index contributed by atoms with van der Waals surface area (Å²) >= 11 is 1.52. The van der Waals surface area contributed by atoms with Crippen LogP contribution in [0.5, 0.6) is 11.5 Å². The highest BCUT2D eigenvalue weighted by Gasteiger charge is 2.13. The van der Waals surface area contributed by atoms with Gasteiger partial charge in [0, 0.05) is 27.7 Å². The first-order valence-corrected chi connectivity index (χ1v) is 9.38. The van der Waals surface area contributed by atoms with E-state index in [1.54, 1.807) is 31.3 Å². The molecule has 3 aromatic rings. The fourth-order valence-corrected chi connectivity index (χ4v) is 3.58. The number of rotatable bonds is 6. The zero-order chi connectivity index (χ0) is 20.1. The van der Waals surface area contributed by atoms with Gasteiger partial charge in [-0.1, -0.05) is 23.9 Å². The summed E-state index contributed by atoms with van der Waals surface area (Å²) in [6.45, 7) is 3.46. The molecule has 1 heterocycles. The highest BCUT2D eigenvalue weighted by molar-refractivity contribution is 7.99. The lowest BCUT2D eigenvalue weighted by Crippen LogP contribution is -2.00.